The van der Waals surface area contributed by atoms with Crippen molar-refractivity contribution in [2.75, 3.05) is 19.7 Å². The molecule has 2 atom stereocenters. The molecule has 0 saturated carbocycles. The fraction of sp³-hybridized carbons (Fsp3) is 0.533. The molecule has 1 fully saturated rings. The van der Waals surface area contributed by atoms with E-state index in [0.717, 1.165) is 12.1 Å². The zero-order chi connectivity index (χ0) is 16.3. The number of morpholine rings is 1. The summed E-state index contributed by atoms with van der Waals surface area (Å²) in [4.78, 5) is 13.7. The Hall–Kier alpha value is -1.76. The van der Waals surface area contributed by atoms with Crippen LogP contribution in [0.3, 0.4) is 0 Å². The summed E-state index contributed by atoms with van der Waals surface area (Å²) in [7, 11) is 0. The molecule has 7 heteroatoms. The third kappa shape index (κ3) is 4.37. The molecule has 4 nitrogen and oxygen atoms in total. The number of hydrogen-bond donors (Lipinski definition) is 0. The molecule has 0 aliphatic carbocycles. The lowest BCUT2D eigenvalue weighted by atomic mass is 10.2. The first-order chi connectivity index (χ1) is 10.3. The lowest BCUT2D eigenvalue weighted by Gasteiger charge is -2.35. The van der Waals surface area contributed by atoms with Gasteiger partial charge in [0.25, 0.3) is 5.91 Å². The Morgan fingerprint density at radius 2 is 1.95 bits per heavy atom. The smallest absolute Gasteiger partial charge is 0.416 e. The van der Waals surface area contributed by atoms with E-state index in [2.05, 4.69) is 0 Å². The van der Waals surface area contributed by atoms with E-state index >= 15 is 0 Å². The van der Waals surface area contributed by atoms with Crippen LogP contribution in [0.25, 0.3) is 0 Å². The minimum absolute atomic E-state index is 0.0255. The van der Waals surface area contributed by atoms with Gasteiger partial charge in [0.1, 0.15) is 5.75 Å². The van der Waals surface area contributed by atoms with Crippen LogP contribution >= 0.6 is 0 Å². The molecule has 1 amide bonds. The van der Waals surface area contributed by atoms with Gasteiger partial charge in [0.2, 0.25) is 0 Å². The molecule has 1 aromatic rings. The van der Waals surface area contributed by atoms with E-state index in [9.17, 15) is 18.0 Å². The molecule has 2 rings (SSSR count). The molecular formula is C15H18F3NO3. The van der Waals surface area contributed by atoms with E-state index in [0.29, 0.717) is 13.1 Å². The number of halogens is 3. The van der Waals surface area contributed by atoms with Crippen LogP contribution < -0.4 is 4.74 Å². The van der Waals surface area contributed by atoms with Crippen LogP contribution in [0.5, 0.6) is 5.75 Å². The lowest BCUT2D eigenvalue weighted by Crippen LogP contribution is -2.49. The SMILES string of the molecule is CC1CN(C(=O)COc2cccc(C(F)(F)F)c2)CC(C)O1. The van der Waals surface area contributed by atoms with E-state index in [4.69, 9.17) is 9.47 Å². The molecule has 1 saturated heterocycles. The second-order valence-corrected chi connectivity index (χ2v) is 5.37. The van der Waals surface area contributed by atoms with Crippen molar-refractivity contribution < 1.29 is 27.4 Å². The average Bonchev–Trinajstić information content (AvgIpc) is 2.43. The molecular weight excluding hydrogens is 299 g/mol. The van der Waals surface area contributed by atoms with Gasteiger partial charge in [0, 0.05) is 13.1 Å². The summed E-state index contributed by atoms with van der Waals surface area (Å²) in [6.45, 7) is 4.35. The van der Waals surface area contributed by atoms with Gasteiger partial charge in [-0.2, -0.15) is 13.2 Å². The minimum atomic E-state index is -4.43. The van der Waals surface area contributed by atoms with Crippen LogP contribution in [0, 0.1) is 0 Å². The van der Waals surface area contributed by atoms with Gasteiger partial charge in [0.15, 0.2) is 6.61 Å². The summed E-state index contributed by atoms with van der Waals surface area (Å²) >= 11 is 0. The monoisotopic (exact) mass is 317 g/mol. The van der Waals surface area contributed by atoms with E-state index in [1.165, 1.54) is 12.1 Å². The number of alkyl halides is 3. The standard InChI is InChI=1S/C15H18F3NO3/c1-10-7-19(8-11(2)22-10)14(20)9-21-13-5-3-4-12(6-13)15(16,17)18/h3-6,10-11H,7-9H2,1-2H3. The molecule has 22 heavy (non-hydrogen) atoms. The fourth-order valence-corrected chi connectivity index (χ4v) is 2.38. The zero-order valence-electron chi connectivity index (χ0n) is 12.4. The average molecular weight is 317 g/mol. The van der Waals surface area contributed by atoms with Gasteiger partial charge in [-0.25, -0.2) is 0 Å². The van der Waals surface area contributed by atoms with Gasteiger partial charge >= 0.3 is 6.18 Å². The molecule has 1 aliphatic rings. The molecule has 1 aromatic carbocycles. The third-order valence-corrected chi connectivity index (χ3v) is 3.30. The number of benzene rings is 1. The number of rotatable bonds is 3. The van der Waals surface area contributed by atoms with Gasteiger partial charge in [-0.3, -0.25) is 4.79 Å². The van der Waals surface area contributed by atoms with Gasteiger partial charge < -0.3 is 14.4 Å². The summed E-state index contributed by atoms with van der Waals surface area (Å²) in [6, 6.07) is 4.49. The van der Waals surface area contributed by atoms with E-state index in [1.54, 1.807) is 4.90 Å². The summed E-state index contributed by atoms with van der Waals surface area (Å²) in [5.41, 5.74) is -0.800. The van der Waals surface area contributed by atoms with E-state index in [-0.39, 0.29) is 30.5 Å². The Kier molecular flexibility index (Phi) is 4.95. The number of hydrogen-bond acceptors (Lipinski definition) is 3. The van der Waals surface area contributed by atoms with Crippen molar-refractivity contribution in [1.82, 2.24) is 4.90 Å². The summed E-state index contributed by atoms with van der Waals surface area (Å²) in [5.74, 6) is -0.239. The first kappa shape index (κ1) is 16.6. The highest BCUT2D eigenvalue weighted by molar-refractivity contribution is 5.78. The molecule has 2 unspecified atom stereocenters. The highest BCUT2D eigenvalue weighted by Crippen LogP contribution is 2.31. The van der Waals surface area contributed by atoms with Crippen LogP contribution in [0.1, 0.15) is 19.4 Å². The van der Waals surface area contributed by atoms with Crippen molar-refractivity contribution in [2.24, 2.45) is 0 Å². The first-order valence-electron chi connectivity index (χ1n) is 6.99. The number of carbonyl (C=O) groups is 1. The Balaban J connectivity index is 1.94. The minimum Gasteiger partial charge on any atom is -0.484 e. The third-order valence-electron chi connectivity index (χ3n) is 3.30. The van der Waals surface area contributed by atoms with Gasteiger partial charge in [-0.1, -0.05) is 6.07 Å². The second-order valence-electron chi connectivity index (χ2n) is 5.37. The van der Waals surface area contributed by atoms with Crippen molar-refractivity contribution in [3.8, 4) is 5.75 Å². The molecule has 0 bridgehead atoms. The predicted octanol–water partition coefficient (Wildman–Crippen LogP) is 2.72. The maximum atomic E-state index is 12.6. The number of amides is 1. The quantitative estimate of drug-likeness (QED) is 0.860. The van der Waals surface area contributed by atoms with Gasteiger partial charge in [-0.05, 0) is 32.0 Å². The van der Waals surface area contributed by atoms with Crippen molar-refractivity contribution in [3.05, 3.63) is 29.8 Å². The molecule has 122 valence electrons. The van der Waals surface area contributed by atoms with Crippen molar-refractivity contribution >= 4 is 5.91 Å². The predicted molar refractivity (Wildman–Crippen MR) is 73.5 cm³/mol. The maximum absolute atomic E-state index is 12.6. The highest BCUT2D eigenvalue weighted by Gasteiger charge is 2.31. The Labute approximate surface area is 126 Å². The molecule has 1 aliphatic heterocycles. The fourth-order valence-electron chi connectivity index (χ4n) is 2.38. The van der Waals surface area contributed by atoms with Crippen LogP contribution in [0.15, 0.2) is 24.3 Å². The number of ether oxygens (including phenoxy) is 2. The van der Waals surface area contributed by atoms with Gasteiger partial charge in [-0.15, -0.1) is 0 Å². The largest absolute Gasteiger partial charge is 0.484 e. The molecule has 0 aromatic heterocycles. The van der Waals surface area contributed by atoms with Crippen molar-refractivity contribution in [3.63, 3.8) is 0 Å². The number of nitrogens with zero attached hydrogens (tertiary/aromatic N) is 1. The van der Waals surface area contributed by atoms with Crippen molar-refractivity contribution in [2.45, 2.75) is 32.2 Å². The normalized spacial score (nSPS) is 22.5. The van der Waals surface area contributed by atoms with Crippen LogP contribution in [-0.4, -0.2) is 42.7 Å². The first-order valence-corrected chi connectivity index (χ1v) is 6.99. The second kappa shape index (κ2) is 6.56. The lowest BCUT2D eigenvalue weighted by molar-refractivity contribution is -0.145. The van der Waals surface area contributed by atoms with Crippen molar-refractivity contribution in [1.29, 1.82) is 0 Å². The topological polar surface area (TPSA) is 38.8 Å². The maximum Gasteiger partial charge on any atom is 0.416 e. The molecule has 0 N–H and O–H groups in total. The van der Waals surface area contributed by atoms with Crippen LogP contribution in [0.4, 0.5) is 13.2 Å². The molecule has 0 spiro atoms. The summed E-state index contributed by atoms with van der Waals surface area (Å²) < 4.78 is 48.5. The summed E-state index contributed by atoms with van der Waals surface area (Å²) in [6.07, 6.45) is -4.57. The highest BCUT2D eigenvalue weighted by atomic mass is 19.4. The number of carbonyl (C=O) groups excluding carboxylic acids is 1. The van der Waals surface area contributed by atoms with Crippen LogP contribution in [-0.2, 0) is 15.7 Å². The molecule has 0 radical (unpaired) electrons. The molecule has 1 heterocycles. The van der Waals surface area contributed by atoms with Gasteiger partial charge in [0.05, 0.1) is 17.8 Å². The zero-order valence-corrected chi connectivity index (χ0v) is 12.4. The van der Waals surface area contributed by atoms with E-state index < -0.39 is 11.7 Å². The van der Waals surface area contributed by atoms with E-state index in [1.807, 2.05) is 13.8 Å². The Bertz CT molecular complexity index is 523. The Morgan fingerprint density at radius 3 is 2.55 bits per heavy atom. The Morgan fingerprint density at radius 1 is 1.32 bits per heavy atom. The van der Waals surface area contributed by atoms with Crippen LogP contribution in [0.2, 0.25) is 0 Å². The summed E-state index contributed by atoms with van der Waals surface area (Å²) in [5, 5.41) is 0.